The summed E-state index contributed by atoms with van der Waals surface area (Å²) in [6.07, 6.45) is 1.70. The standard InChI is InChI=1S/C23H19N7O2S/c1-11-7-12(2)25-23-18(11)19-20(33-23)22-26-21(29-30(22)10-24-19)15-9-14(27-28-15)13-5-6-16(31-3)17(8-13)32-4/h5-10H,1-4H3,(H,27,28). The number of hydrogen-bond donors (Lipinski definition) is 1. The molecule has 0 spiro atoms. The van der Waals surface area contributed by atoms with Gasteiger partial charge < -0.3 is 9.47 Å². The van der Waals surface area contributed by atoms with Gasteiger partial charge in [0, 0.05) is 16.6 Å². The van der Waals surface area contributed by atoms with Crippen molar-refractivity contribution in [2.75, 3.05) is 14.2 Å². The van der Waals surface area contributed by atoms with Crippen molar-refractivity contribution in [3.63, 3.8) is 0 Å². The van der Waals surface area contributed by atoms with Crippen LogP contribution in [0.15, 0.2) is 36.7 Å². The number of aromatic nitrogens is 7. The van der Waals surface area contributed by atoms with Gasteiger partial charge in [0.25, 0.3) is 0 Å². The Kier molecular flexibility index (Phi) is 4.31. The van der Waals surface area contributed by atoms with Crippen molar-refractivity contribution in [3.05, 3.63) is 47.9 Å². The first-order chi connectivity index (χ1) is 16.1. The summed E-state index contributed by atoms with van der Waals surface area (Å²) in [7, 11) is 3.22. The summed E-state index contributed by atoms with van der Waals surface area (Å²) >= 11 is 1.59. The maximum absolute atomic E-state index is 5.41. The van der Waals surface area contributed by atoms with Gasteiger partial charge in [0.15, 0.2) is 23.0 Å². The molecule has 0 amide bonds. The second kappa shape index (κ2) is 7.24. The molecule has 5 heterocycles. The highest BCUT2D eigenvalue weighted by Crippen LogP contribution is 2.36. The van der Waals surface area contributed by atoms with Crippen molar-refractivity contribution < 1.29 is 9.47 Å². The van der Waals surface area contributed by atoms with Gasteiger partial charge in [0.05, 0.1) is 25.4 Å². The van der Waals surface area contributed by atoms with Gasteiger partial charge in [-0.25, -0.2) is 19.5 Å². The third kappa shape index (κ3) is 3.02. The molecule has 10 heteroatoms. The van der Waals surface area contributed by atoms with Crippen LogP contribution in [0.3, 0.4) is 0 Å². The van der Waals surface area contributed by atoms with E-state index in [1.807, 2.05) is 31.2 Å². The Bertz CT molecular complexity index is 1680. The lowest BCUT2D eigenvalue weighted by Gasteiger charge is -2.08. The highest BCUT2D eigenvalue weighted by atomic mass is 32.1. The SMILES string of the molecule is COc1ccc(-c2cc(-c3nc4c5sc6nc(C)cc(C)c6c5ncn4n3)[nH]n2)cc1OC. The zero-order valence-electron chi connectivity index (χ0n) is 18.4. The molecule has 0 saturated carbocycles. The first-order valence-corrected chi connectivity index (χ1v) is 11.1. The maximum atomic E-state index is 5.41. The van der Waals surface area contributed by atoms with Gasteiger partial charge in [0.2, 0.25) is 0 Å². The smallest absolute Gasteiger partial charge is 0.200 e. The molecule has 0 atom stereocenters. The normalized spacial score (nSPS) is 11.6. The van der Waals surface area contributed by atoms with Crippen LogP contribution in [-0.2, 0) is 0 Å². The van der Waals surface area contributed by atoms with Crippen molar-refractivity contribution in [2.45, 2.75) is 13.8 Å². The zero-order valence-corrected chi connectivity index (χ0v) is 19.2. The van der Waals surface area contributed by atoms with Crippen molar-refractivity contribution in [2.24, 2.45) is 0 Å². The lowest BCUT2D eigenvalue weighted by atomic mass is 10.1. The number of ether oxygens (including phenoxy) is 2. The highest BCUT2D eigenvalue weighted by molar-refractivity contribution is 7.26. The van der Waals surface area contributed by atoms with Crippen LogP contribution in [0.25, 0.3) is 48.9 Å². The minimum atomic E-state index is 0.543. The molecule has 9 nitrogen and oxygen atoms in total. The van der Waals surface area contributed by atoms with Crippen molar-refractivity contribution in [1.82, 2.24) is 34.8 Å². The number of nitrogens with zero attached hydrogens (tertiary/aromatic N) is 6. The van der Waals surface area contributed by atoms with E-state index in [-0.39, 0.29) is 0 Å². The average Bonchev–Trinajstić information content (AvgIpc) is 3.53. The Balaban J connectivity index is 1.46. The van der Waals surface area contributed by atoms with Crippen molar-refractivity contribution >= 4 is 37.4 Å². The van der Waals surface area contributed by atoms with Crippen LogP contribution in [0.2, 0.25) is 0 Å². The largest absolute Gasteiger partial charge is 0.493 e. The van der Waals surface area contributed by atoms with Crippen LogP contribution in [0.4, 0.5) is 0 Å². The summed E-state index contributed by atoms with van der Waals surface area (Å²) in [6.45, 7) is 4.09. The molecule has 0 radical (unpaired) electrons. The topological polar surface area (TPSA) is 103 Å². The number of rotatable bonds is 4. The van der Waals surface area contributed by atoms with E-state index < -0.39 is 0 Å². The van der Waals surface area contributed by atoms with Gasteiger partial charge in [-0.2, -0.15) is 5.10 Å². The van der Waals surface area contributed by atoms with E-state index in [1.54, 1.807) is 36.4 Å². The number of fused-ring (bicyclic) bond motifs is 5. The number of benzene rings is 1. The fourth-order valence-electron chi connectivity index (χ4n) is 4.06. The van der Waals surface area contributed by atoms with Gasteiger partial charge in [0.1, 0.15) is 21.6 Å². The summed E-state index contributed by atoms with van der Waals surface area (Å²) in [6, 6.07) is 9.67. The van der Waals surface area contributed by atoms with Gasteiger partial charge in [-0.05, 0) is 49.7 Å². The molecule has 164 valence electrons. The molecule has 6 aromatic rings. The number of H-pyrrole nitrogens is 1. The van der Waals surface area contributed by atoms with E-state index in [2.05, 4.69) is 33.3 Å². The van der Waals surface area contributed by atoms with E-state index in [0.717, 1.165) is 48.6 Å². The fourth-order valence-corrected chi connectivity index (χ4v) is 5.29. The van der Waals surface area contributed by atoms with Crippen molar-refractivity contribution in [1.29, 1.82) is 0 Å². The highest BCUT2D eigenvalue weighted by Gasteiger charge is 2.18. The zero-order chi connectivity index (χ0) is 22.7. The van der Waals surface area contributed by atoms with Crippen LogP contribution in [0.5, 0.6) is 11.5 Å². The predicted molar refractivity (Wildman–Crippen MR) is 127 cm³/mol. The number of aromatic amines is 1. The van der Waals surface area contributed by atoms with E-state index in [1.165, 1.54) is 0 Å². The molecule has 0 aliphatic heterocycles. The lowest BCUT2D eigenvalue weighted by Crippen LogP contribution is -1.90. The van der Waals surface area contributed by atoms with Gasteiger partial charge >= 0.3 is 0 Å². The second-order valence-electron chi connectivity index (χ2n) is 7.73. The second-order valence-corrected chi connectivity index (χ2v) is 8.72. The molecule has 0 saturated heterocycles. The molecule has 33 heavy (non-hydrogen) atoms. The number of pyridine rings is 1. The summed E-state index contributed by atoms with van der Waals surface area (Å²) < 4.78 is 13.4. The van der Waals surface area contributed by atoms with Crippen LogP contribution < -0.4 is 9.47 Å². The molecule has 0 aliphatic rings. The maximum Gasteiger partial charge on any atom is 0.200 e. The molecule has 0 aliphatic carbocycles. The molecular weight excluding hydrogens is 438 g/mol. The number of hydrogen-bond acceptors (Lipinski definition) is 8. The van der Waals surface area contributed by atoms with Crippen molar-refractivity contribution in [3.8, 4) is 34.3 Å². The van der Waals surface area contributed by atoms with Crippen LogP contribution in [-0.4, -0.2) is 49.0 Å². The monoisotopic (exact) mass is 457 g/mol. The Morgan fingerprint density at radius 3 is 2.67 bits per heavy atom. The Morgan fingerprint density at radius 1 is 1.00 bits per heavy atom. The summed E-state index contributed by atoms with van der Waals surface area (Å²) in [5.41, 5.74) is 6.16. The van der Waals surface area contributed by atoms with Gasteiger partial charge in [-0.3, -0.25) is 5.10 Å². The Morgan fingerprint density at radius 2 is 1.85 bits per heavy atom. The number of thiophene rings is 1. The molecule has 0 fully saturated rings. The lowest BCUT2D eigenvalue weighted by molar-refractivity contribution is 0.355. The summed E-state index contributed by atoms with van der Waals surface area (Å²) in [4.78, 5) is 15.1. The van der Waals surface area contributed by atoms with Gasteiger partial charge in [-0.1, -0.05) is 0 Å². The quantitative estimate of drug-likeness (QED) is 0.413. The molecule has 1 N–H and O–H groups in total. The van der Waals surface area contributed by atoms with E-state index in [9.17, 15) is 0 Å². The van der Waals surface area contributed by atoms with Crippen LogP contribution in [0.1, 0.15) is 11.3 Å². The Labute approximate surface area is 192 Å². The molecule has 1 aromatic carbocycles. The number of methoxy groups -OCH3 is 2. The van der Waals surface area contributed by atoms with E-state index in [0.29, 0.717) is 23.0 Å². The molecule has 6 rings (SSSR count). The Hall–Kier alpha value is -4.05. The van der Waals surface area contributed by atoms with E-state index in [4.69, 9.17) is 19.4 Å². The van der Waals surface area contributed by atoms with Gasteiger partial charge in [-0.15, -0.1) is 16.4 Å². The third-order valence-corrected chi connectivity index (χ3v) is 6.66. The number of aryl methyl sites for hydroxylation is 2. The average molecular weight is 458 g/mol. The van der Waals surface area contributed by atoms with E-state index >= 15 is 0 Å². The molecular formula is C23H19N7O2S. The minimum Gasteiger partial charge on any atom is -0.493 e. The molecule has 5 aromatic heterocycles. The van der Waals surface area contributed by atoms with Crippen LogP contribution >= 0.6 is 11.3 Å². The first kappa shape index (κ1) is 19.6. The summed E-state index contributed by atoms with van der Waals surface area (Å²) in [5, 5.41) is 13.2. The molecule has 0 unspecified atom stereocenters. The third-order valence-electron chi connectivity index (χ3n) is 5.59. The number of nitrogens with one attached hydrogen (secondary N) is 1. The first-order valence-electron chi connectivity index (χ1n) is 10.3. The van der Waals surface area contributed by atoms with Crippen LogP contribution in [0, 0.1) is 13.8 Å². The fraction of sp³-hybridized carbons (Fsp3) is 0.174. The molecule has 0 bridgehead atoms. The minimum absolute atomic E-state index is 0.543. The predicted octanol–water partition coefficient (Wildman–Crippen LogP) is 4.58. The summed E-state index contributed by atoms with van der Waals surface area (Å²) in [5.74, 6) is 1.85.